The summed E-state index contributed by atoms with van der Waals surface area (Å²) in [6.45, 7) is 4.80. The van der Waals surface area contributed by atoms with Crippen LogP contribution in [0.1, 0.15) is 25.5 Å². The first-order chi connectivity index (χ1) is 8.06. The van der Waals surface area contributed by atoms with Crippen molar-refractivity contribution in [2.45, 2.75) is 19.9 Å². The number of benzene rings is 2. The second-order valence-corrected chi connectivity index (χ2v) is 5.24. The van der Waals surface area contributed by atoms with E-state index in [2.05, 4.69) is 44.2 Å². The molecule has 0 aromatic heterocycles. The van der Waals surface area contributed by atoms with Crippen LogP contribution in [-0.4, -0.2) is 6.54 Å². The van der Waals surface area contributed by atoms with Crippen molar-refractivity contribution >= 4 is 10.8 Å². The van der Waals surface area contributed by atoms with Crippen LogP contribution in [-0.2, 0) is 0 Å². The molecule has 0 aliphatic rings. The Kier molecular flexibility index (Phi) is 3.18. The second kappa shape index (κ2) is 4.47. The zero-order valence-corrected chi connectivity index (χ0v) is 10.5. The maximum absolute atomic E-state index is 6.37. The highest BCUT2D eigenvalue weighted by molar-refractivity contribution is 5.86. The van der Waals surface area contributed by atoms with Crippen molar-refractivity contribution in [2.24, 2.45) is 16.9 Å². The minimum atomic E-state index is -0.0931. The number of rotatable bonds is 3. The van der Waals surface area contributed by atoms with Gasteiger partial charge in [-0.2, -0.15) is 0 Å². The van der Waals surface area contributed by atoms with Gasteiger partial charge in [0.15, 0.2) is 0 Å². The molecule has 2 nitrogen and oxygen atoms in total. The van der Waals surface area contributed by atoms with Gasteiger partial charge in [0, 0.05) is 6.04 Å². The summed E-state index contributed by atoms with van der Waals surface area (Å²) in [5.74, 6) is 0. The predicted molar refractivity (Wildman–Crippen MR) is 73.7 cm³/mol. The van der Waals surface area contributed by atoms with Crippen LogP contribution in [0.15, 0.2) is 42.5 Å². The SMILES string of the molecule is CC(C)(CN)C(N)c1cccc2ccccc12. The minimum Gasteiger partial charge on any atom is -0.330 e. The zero-order valence-electron chi connectivity index (χ0n) is 10.5. The maximum Gasteiger partial charge on any atom is 0.0365 e. The first-order valence-electron chi connectivity index (χ1n) is 5.99. The molecule has 0 heterocycles. The van der Waals surface area contributed by atoms with E-state index in [-0.39, 0.29) is 11.5 Å². The van der Waals surface area contributed by atoms with E-state index >= 15 is 0 Å². The largest absolute Gasteiger partial charge is 0.330 e. The van der Waals surface area contributed by atoms with Crippen LogP contribution in [0.3, 0.4) is 0 Å². The fraction of sp³-hybridized carbons (Fsp3) is 0.333. The van der Waals surface area contributed by atoms with Crippen molar-refractivity contribution in [2.75, 3.05) is 6.54 Å². The Hall–Kier alpha value is -1.38. The van der Waals surface area contributed by atoms with Gasteiger partial charge in [0.2, 0.25) is 0 Å². The van der Waals surface area contributed by atoms with E-state index in [1.807, 2.05) is 12.1 Å². The van der Waals surface area contributed by atoms with Crippen LogP contribution in [0.5, 0.6) is 0 Å². The van der Waals surface area contributed by atoms with Crippen molar-refractivity contribution in [3.63, 3.8) is 0 Å². The zero-order chi connectivity index (χ0) is 12.5. The van der Waals surface area contributed by atoms with Gasteiger partial charge in [0.25, 0.3) is 0 Å². The van der Waals surface area contributed by atoms with Crippen LogP contribution < -0.4 is 11.5 Å². The number of hydrogen-bond acceptors (Lipinski definition) is 2. The lowest BCUT2D eigenvalue weighted by molar-refractivity contribution is 0.303. The molecule has 17 heavy (non-hydrogen) atoms. The third-order valence-corrected chi connectivity index (χ3v) is 3.53. The van der Waals surface area contributed by atoms with Crippen molar-refractivity contribution in [1.29, 1.82) is 0 Å². The maximum atomic E-state index is 6.37. The van der Waals surface area contributed by atoms with E-state index < -0.39 is 0 Å². The Morgan fingerprint density at radius 3 is 2.41 bits per heavy atom. The van der Waals surface area contributed by atoms with Crippen molar-refractivity contribution in [3.05, 3.63) is 48.0 Å². The van der Waals surface area contributed by atoms with Crippen molar-refractivity contribution < 1.29 is 0 Å². The molecule has 0 spiro atoms. The summed E-state index contributed by atoms with van der Waals surface area (Å²) in [5.41, 5.74) is 13.3. The molecule has 0 saturated carbocycles. The lowest BCUT2D eigenvalue weighted by Gasteiger charge is -2.31. The summed E-state index contributed by atoms with van der Waals surface area (Å²) in [6.07, 6.45) is 0. The molecule has 0 saturated heterocycles. The predicted octanol–water partition coefficient (Wildman–Crippen LogP) is 2.82. The first kappa shape index (κ1) is 12.1. The lowest BCUT2D eigenvalue weighted by Crippen LogP contribution is -2.35. The molecule has 2 heteroatoms. The van der Waals surface area contributed by atoms with Gasteiger partial charge in [0.05, 0.1) is 0 Å². The summed E-state index contributed by atoms with van der Waals surface area (Å²) >= 11 is 0. The van der Waals surface area contributed by atoms with E-state index in [1.54, 1.807) is 0 Å². The second-order valence-electron chi connectivity index (χ2n) is 5.24. The average Bonchev–Trinajstić information content (AvgIpc) is 2.37. The molecular formula is C15H20N2. The highest BCUT2D eigenvalue weighted by atomic mass is 14.7. The highest BCUT2D eigenvalue weighted by Crippen LogP contribution is 2.33. The summed E-state index contributed by atoms with van der Waals surface area (Å²) in [5, 5.41) is 2.46. The van der Waals surface area contributed by atoms with Gasteiger partial charge in [-0.15, -0.1) is 0 Å². The smallest absolute Gasteiger partial charge is 0.0365 e. The third-order valence-electron chi connectivity index (χ3n) is 3.53. The van der Waals surface area contributed by atoms with E-state index in [4.69, 9.17) is 11.5 Å². The van der Waals surface area contributed by atoms with Crippen molar-refractivity contribution in [3.8, 4) is 0 Å². The molecule has 0 aliphatic carbocycles. The molecule has 0 amide bonds. The molecule has 2 aromatic carbocycles. The van der Waals surface area contributed by atoms with Gasteiger partial charge >= 0.3 is 0 Å². The molecule has 0 bridgehead atoms. The highest BCUT2D eigenvalue weighted by Gasteiger charge is 2.27. The van der Waals surface area contributed by atoms with Crippen LogP contribution in [0.2, 0.25) is 0 Å². The average molecular weight is 228 g/mol. The molecule has 4 N–H and O–H groups in total. The molecule has 0 radical (unpaired) electrons. The molecule has 1 unspecified atom stereocenters. The Morgan fingerprint density at radius 1 is 1.06 bits per heavy atom. The Balaban J connectivity index is 2.56. The molecule has 1 atom stereocenters. The fourth-order valence-electron chi connectivity index (χ4n) is 2.07. The van der Waals surface area contributed by atoms with Gasteiger partial charge in [-0.3, -0.25) is 0 Å². The normalized spacial score (nSPS) is 13.9. The summed E-state index contributed by atoms with van der Waals surface area (Å²) in [6, 6.07) is 14.6. The van der Waals surface area contributed by atoms with E-state index in [0.717, 1.165) is 0 Å². The van der Waals surface area contributed by atoms with Crippen molar-refractivity contribution in [1.82, 2.24) is 0 Å². The topological polar surface area (TPSA) is 52.0 Å². The van der Waals surface area contributed by atoms with Gasteiger partial charge < -0.3 is 11.5 Å². The number of fused-ring (bicyclic) bond motifs is 1. The van der Waals surface area contributed by atoms with E-state index in [1.165, 1.54) is 16.3 Å². The summed E-state index contributed by atoms with van der Waals surface area (Å²) < 4.78 is 0. The van der Waals surface area contributed by atoms with Gasteiger partial charge in [-0.05, 0) is 28.3 Å². The Bertz CT molecular complexity index is 512. The first-order valence-corrected chi connectivity index (χ1v) is 5.99. The van der Waals surface area contributed by atoms with E-state index in [0.29, 0.717) is 6.54 Å². The number of hydrogen-bond donors (Lipinski definition) is 2. The molecular weight excluding hydrogens is 208 g/mol. The molecule has 0 aliphatic heterocycles. The summed E-state index contributed by atoms with van der Waals surface area (Å²) in [7, 11) is 0. The molecule has 90 valence electrons. The standard InChI is InChI=1S/C15H20N2/c1-15(2,10-16)14(17)13-9-5-7-11-6-3-4-8-12(11)13/h3-9,14H,10,16-17H2,1-2H3. The van der Waals surface area contributed by atoms with Crippen LogP contribution in [0, 0.1) is 5.41 Å². The van der Waals surface area contributed by atoms with Crippen LogP contribution in [0.25, 0.3) is 10.8 Å². The molecule has 0 fully saturated rings. The Morgan fingerprint density at radius 2 is 1.71 bits per heavy atom. The molecule has 2 rings (SSSR count). The summed E-state index contributed by atoms with van der Waals surface area (Å²) in [4.78, 5) is 0. The minimum absolute atomic E-state index is 0.0430. The van der Waals surface area contributed by atoms with Crippen LogP contribution >= 0.6 is 0 Å². The Labute approximate surface area is 103 Å². The fourth-order valence-corrected chi connectivity index (χ4v) is 2.07. The quantitative estimate of drug-likeness (QED) is 0.848. The van der Waals surface area contributed by atoms with Gasteiger partial charge in [0.1, 0.15) is 0 Å². The van der Waals surface area contributed by atoms with E-state index in [9.17, 15) is 0 Å². The third kappa shape index (κ3) is 2.19. The van der Waals surface area contributed by atoms with Gasteiger partial charge in [-0.1, -0.05) is 56.3 Å². The van der Waals surface area contributed by atoms with Crippen LogP contribution in [0.4, 0.5) is 0 Å². The monoisotopic (exact) mass is 228 g/mol. The van der Waals surface area contributed by atoms with Gasteiger partial charge in [-0.25, -0.2) is 0 Å². The molecule has 2 aromatic rings. The number of nitrogens with two attached hydrogens (primary N) is 2. The lowest BCUT2D eigenvalue weighted by atomic mass is 9.80.